The zero-order valence-corrected chi connectivity index (χ0v) is 19.4. The largest absolute Gasteiger partial charge is 0.493 e. The molecule has 0 aliphatic carbocycles. The van der Waals surface area contributed by atoms with Gasteiger partial charge in [-0.1, -0.05) is 30.1 Å². The molecule has 0 heterocycles. The van der Waals surface area contributed by atoms with Crippen molar-refractivity contribution in [3.8, 4) is 11.5 Å². The third-order valence-corrected chi connectivity index (χ3v) is 5.00. The highest BCUT2D eigenvalue weighted by molar-refractivity contribution is 6.55. The van der Waals surface area contributed by atoms with Gasteiger partial charge in [-0.15, -0.1) is 11.6 Å². The Morgan fingerprint density at radius 3 is 2.37 bits per heavy atom. The molecule has 1 rings (SSSR count). The van der Waals surface area contributed by atoms with Crippen molar-refractivity contribution in [1.82, 2.24) is 0 Å². The smallest absolute Gasteiger partial charge is 0.404 e. The summed E-state index contributed by atoms with van der Waals surface area (Å²) >= 11 is 16.4. The number of rotatable bonds is 14. The Bertz CT molecular complexity index is 663. The van der Waals surface area contributed by atoms with Crippen LogP contribution in [0.4, 0.5) is 13.2 Å². The molecule has 0 bridgehead atoms. The number of benzene rings is 1. The Morgan fingerprint density at radius 1 is 1.07 bits per heavy atom. The molecule has 0 aromatic heterocycles. The number of ether oxygens (including phenoxy) is 3. The van der Waals surface area contributed by atoms with Gasteiger partial charge in [-0.2, -0.15) is 13.2 Å². The topological polar surface area (TPSA) is 27.7 Å². The van der Waals surface area contributed by atoms with Crippen LogP contribution in [0.5, 0.6) is 11.5 Å². The predicted octanol–water partition coefficient (Wildman–Crippen LogP) is 7.38. The molecule has 0 fully saturated rings. The average Bonchev–Trinajstić information content (AvgIpc) is 2.66. The molecule has 9 heteroatoms. The van der Waals surface area contributed by atoms with Gasteiger partial charge < -0.3 is 14.2 Å². The van der Waals surface area contributed by atoms with Crippen molar-refractivity contribution in [1.29, 1.82) is 0 Å². The minimum atomic E-state index is -4.35. The van der Waals surface area contributed by atoms with E-state index in [4.69, 9.17) is 49.0 Å². The molecule has 172 valence electrons. The maximum absolute atomic E-state index is 12.3. The Morgan fingerprint density at radius 2 is 1.73 bits per heavy atom. The number of unbranched alkanes of at least 4 members (excludes halogenated alkanes) is 1. The van der Waals surface area contributed by atoms with Crippen LogP contribution in [0.25, 0.3) is 0 Å². The van der Waals surface area contributed by atoms with Crippen molar-refractivity contribution < 1.29 is 27.4 Å². The van der Waals surface area contributed by atoms with E-state index in [1.54, 1.807) is 6.08 Å². The van der Waals surface area contributed by atoms with E-state index in [0.717, 1.165) is 41.9 Å². The van der Waals surface area contributed by atoms with Gasteiger partial charge >= 0.3 is 6.18 Å². The number of halogens is 6. The molecule has 0 aliphatic rings. The normalized spacial score (nSPS) is 12.5. The van der Waals surface area contributed by atoms with E-state index < -0.39 is 11.6 Å². The maximum Gasteiger partial charge on any atom is 0.404 e. The van der Waals surface area contributed by atoms with Crippen LogP contribution < -0.4 is 9.47 Å². The second kappa shape index (κ2) is 14.3. The van der Waals surface area contributed by atoms with Crippen molar-refractivity contribution in [3.63, 3.8) is 0 Å². The van der Waals surface area contributed by atoms with Crippen molar-refractivity contribution in [3.05, 3.63) is 33.8 Å². The van der Waals surface area contributed by atoms with Crippen LogP contribution in [0, 0.1) is 6.92 Å². The second-order valence-corrected chi connectivity index (χ2v) is 8.24. The van der Waals surface area contributed by atoms with E-state index in [1.807, 2.05) is 26.0 Å². The van der Waals surface area contributed by atoms with Gasteiger partial charge in [0, 0.05) is 13.2 Å². The maximum atomic E-state index is 12.3. The van der Waals surface area contributed by atoms with Crippen molar-refractivity contribution >= 4 is 34.8 Å². The molecule has 3 nitrogen and oxygen atoms in total. The molecule has 0 aliphatic heterocycles. The minimum absolute atomic E-state index is 0.137. The summed E-state index contributed by atoms with van der Waals surface area (Å²) < 4.78 is 54.0. The van der Waals surface area contributed by atoms with E-state index in [1.165, 1.54) is 0 Å². The fourth-order valence-corrected chi connectivity index (χ4v) is 2.96. The van der Waals surface area contributed by atoms with Crippen LogP contribution in [0.3, 0.4) is 0 Å². The lowest BCUT2D eigenvalue weighted by atomic mass is 10.1. The summed E-state index contributed by atoms with van der Waals surface area (Å²) in [7, 11) is 0. The standard InChI is InChI=1S/C21H28Cl3F3O3/c1-3-16-14-17(29-12-8-19(23)24)13-15(2)20(16)30-11-5-4-9-28-10-6-7-18(22)21(25,26)27/h8,13-14,18H,3-7,9-12H2,1-2H3. The van der Waals surface area contributed by atoms with Gasteiger partial charge in [0.2, 0.25) is 0 Å². The van der Waals surface area contributed by atoms with Gasteiger partial charge in [-0.3, -0.25) is 0 Å². The summed E-state index contributed by atoms with van der Waals surface area (Å²) in [5.41, 5.74) is 2.02. The zero-order chi connectivity index (χ0) is 22.6. The molecule has 1 aromatic rings. The minimum Gasteiger partial charge on any atom is -0.493 e. The van der Waals surface area contributed by atoms with Crippen molar-refractivity contribution in [2.24, 2.45) is 0 Å². The molecule has 1 atom stereocenters. The third kappa shape index (κ3) is 11.0. The fourth-order valence-electron chi connectivity index (χ4n) is 2.68. The fraction of sp³-hybridized carbons (Fsp3) is 0.619. The van der Waals surface area contributed by atoms with E-state index in [0.29, 0.717) is 13.2 Å². The molecular weight excluding hydrogens is 464 g/mol. The highest BCUT2D eigenvalue weighted by atomic mass is 35.5. The molecule has 0 saturated carbocycles. The summed E-state index contributed by atoms with van der Waals surface area (Å²) in [6.07, 6.45) is -0.305. The Hall–Kier alpha value is -0.820. The van der Waals surface area contributed by atoms with Gasteiger partial charge in [0.25, 0.3) is 0 Å². The van der Waals surface area contributed by atoms with Gasteiger partial charge in [0.05, 0.1) is 6.61 Å². The lowest BCUT2D eigenvalue weighted by Gasteiger charge is -2.16. The van der Waals surface area contributed by atoms with E-state index in [-0.39, 0.29) is 30.5 Å². The molecule has 0 saturated heterocycles. The summed E-state index contributed by atoms with van der Waals surface area (Å²) in [6, 6.07) is 3.84. The molecule has 30 heavy (non-hydrogen) atoms. The quantitative estimate of drug-likeness (QED) is 0.201. The Balaban J connectivity index is 2.30. The third-order valence-electron chi connectivity index (χ3n) is 4.22. The summed E-state index contributed by atoms with van der Waals surface area (Å²) in [4.78, 5) is 0. The van der Waals surface area contributed by atoms with E-state index in [2.05, 4.69) is 0 Å². The summed E-state index contributed by atoms with van der Waals surface area (Å²) in [6.45, 7) is 5.56. The van der Waals surface area contributed by atoms with Gasteiger partial charge in [-0.05, 0) is 68.4 Å². The van der Waals surface area contributed by atoms with Crippen LogP contribution in [-0.4, -0.2) is 38.0 Å². The Labute approximate surface area is 191 Å². The first-order chi connectivity index (χ1) is 14.1. The first kappa shape index (κ1) is 27.2. The van der Waals surface area contributed by atoms with Gasteiger partial charge in [0.15, 0.2) is 0 Å². The van der Waals surface area contributed by atoms with Crippen LogP contribution in [-0.2, 0) is 11.2 Å². The first-order valence-electron chi connectivity index (χ1n) is 9.84. The number of hydrogen-bond donors (Lipinski definition) is 0. The lowest BCUT2D eigenvalue weighted by molar-refractivity contribution is -0.132. The SMILES string of the molecule is CCc1cc(OCC=C(Cl)Cl)cc(C)c1OCCCCOCCCC(Cl)C(F)(F)F. The van der Waals surface area contributed by atoms with Gasteiger partial charge in [0.1, 0.15) is 28.0 Å². The second-order valence-electron chi connectivity index (χ2n) is 6.71. The highest BCUT2D eigenvalue weighted by Gasteiger charge is 2.37. The number of alkyl halides is 4. The van der Waals surface area contributed by atoms with Crippen LogP contribution in [0.1, 0.15) is 43.7 Å². The highest BCUT2D eigenvalue weighted by Crippen LogP contribution is 2.30. The van der Waals surface area contributed by atoms with Crippen LogP contribution >= 0.6 is 34.8 Å². The molecule has 0 radical (unpaired) electrons. The monoisotopic (exact) mass is 490 g/mol. The predicted molar refractivity (Wildman–Crippen MR) is 116 cm³/mol. The Kier molecular flexibility index (Phi) is 13.0. The van der Waals surface area contributed by atoms with E-state index >= 15 is 0 Å². The van der Waals surface area contributed by atoms with Gasteiger partial charge in [-0.25, -0.2) is 0 Å². The molecular formula is C21H28Cl3F3O3. The number of aryl methyl sites for hydroxylation is 2. The first-order valence-corrected chi connectivity index (χ1v) is 11.0. The van der Waals surface area contributed by atoms with Crippen molar-refractivity contribution in [2.45, 2.75) is 57.5 Å². The molecule has 0 N–H and O–H groups in total. The van der Waals surface area contributed by atoms with E-state index in [9.17, 15) is 13.2 Å². The van der Waals surface area contributed by atoms with Crippen LogP contribution in [0.15, 0.2) is 22.7 Å². The van der Waals surface area contributed by atoms with Crippen molar-refractivity contribution in [2.75, 3.05) is 26.4 Å². The summed E-state index contributed by atoms with van der Waals surface area (Å²) in [5, 5.41) is -1.81. The zero-order valence-electron chi connectivity index (χ0n) is 17.2. The molecule has 1 unspecified atom stereocenters. The molecule has 1 aromatic carbocycles. The summed E-state index contributed by atoms with van der Waals surface area (Å²) in [5.74, 6) is 1.57. The molecule has 0 spiro atoms. The average molecular weight is 492 g/mol. The molecule has 0 amide bonds. The number of hydrogen-bond acceptors (Lipinski definition) is 3. The lowest BCUT2D eigenvalue weighted by Crippen LogP contribution is -2.23. The van der Waals surface area contributed by atoms with Crippen LogP contribution in [0.2, 0.25) is 0 Å².